The van der Waals surface area contributed by atoms with Crippen LogP contribution in [0.2, 0.25) is 0 Å². The maximum Gasteiger partial charge on any atom is 0.302 e. The average Bonchev–Trinajstić information content (AvgIpc) is 2.97. The van der Waals surface area contributed by atoms with Gasteiger partial charge in [-0.3, -0.25) is 4.79 Å². The van der Waals surface area contributed by atoms with Gasteiger partial charge < -0.3 is 9.64 Å². The average molecular weight is 371 g/mol. The van der Waals surface area contributed by atoms with Crippen molar-refractivity contribution in [1.82, 2.24) is 4.37 Å². The topological polar surface area (TPSA) is 90.9 Å². The van der Waals surface area contributed by atoms with Gasteiger partial charge in [-0.05, 0) is 56.1 Å². The lowest BCUT2D eigenvalue weighted by Gasteiger charge is -2.23. The summed E-state index contributed by atoms with van der Waals surface area (Å²) >= 11 is 1.17. The zero-order chi connectivity index (χ0) is 19.1. The standard InChI is InChI=1S/C18H21N5O2S/c1-5-23(8-9-25-14(4)24)15-6-7-17(12(2)10-15)20-21-18-16(11-19)13(3)22-26-18/h6-7,10H,5,8-9H2,1-4H3/b21-20+. The second-order valence-corrected chi connectivity index (χ2v) is 6.40. The van der Waals surface area contributed by atoms with Crippen LogP contribution in [0.15, 0.2) is 28.4 Å². The molecule has 0 radical (unpaired) electrons. The quantitative estimate of drug-likeness (QED) is 0.530. The monoisotopic (exact) mass is 371 g/mol. The smallest absolute Gasteiger partial charge is 0.302 e. The summed E-state index contributed by atoms with van der Waals surface area (Å²) in [4.78, 5) is 13.0. The summed E-state index contributed by atoms with van der Waals surface area (Å²) in [6.45, 7) is 8.97. The van der Waals surface area contributed by atoms with Crippen molar-refractivity contribution in [2.75, 3.05) is 24.6 Å². The fraction of sp³-hybridized carbons (Fsp3) is 0.389. The number of hydrogen-bond acceptors (Lipinski definition) is 8. The van der Waals surface area contributed by atoms with E-state index < -0.39 is 0 Å². The number of anilines is 1. The lowest BCUT2D eigenvalue weighted by molar-refractivity contribution is -0.140. The predicted octanol–water partition coefficient (Wildman–Crippen LogP) is 4.44. The van der Waals surface area contributed by atoms with Crippen LogP contribution in [0.5, 0.6) is 0 Å². The van der Waals surface area contributed by atoms with Gasteiger partial charge in [0.15, 0.2) is 5.00 Å². The Labute approximate surface area is 157 Å². The van der Waals surface area contributed by atoms with Gasteiger partial charge in [-0.15, -0.1) is 10.2 Å². The molecular weight excluding hydrogens is 350 g/mol. The second kappa shape index (κ2) is 9.06. The Hall–Kier alpha value is -2.79. The number of ether oxygens (including phenoxy) is 1. The van der Waals surface area contributed by atoms with E-state index in [9.17, 15) is 4.79 Å². The Bertz CT molecular complexity index is 854. The van der Waals surface area contributed by atoms with E-state index in [2.05, 4.69) is 25.6 Å². The zero-order valence-electron chi connectivity index (χ0n) is 15.3. The molecule has 0 fully saturated rings. The number of likely N-dealkylation sites (N-methyl/N-ethyl adjacent to an activating group) is 1. The molecule has 2 aromatic rings. The number of aryl methyl sites for hydroxylation is 2. The van der Waals surface area contributed by atoms with Gasteiger partial charge in [0.05, 0.1) is 17.9 Å². The van der Waals surface area contributed by atoms with E-state index in [1.165, 1.54) is 18.5 Å². The molecule has 0 N–H and O–H groups in total. The Morgan fingerprint density at radius 1 is 1.38 bits per heavy atom. The fourth-order valence-electron chi connectivity index (χ4n) is 2.37. The first kappa shape index (κ1) is 19.5. The van der Waals surface area contributed by atoms with E-state index in [0.29, 0.717) is 29.4 Å². The molecule has 0 bridgehead atoms. The summed E-state index contributed by atoms with van der Waals surface area (Å²) in [6, 6.07) is 7.98. The minimum absolute atomic E-state index is 0.275. The lowest BCUT2D eigenvalue weighted by Crippen LogP contribution is -2.27. The van der Waals surface area contributed by atoms with Crippen LogP contribution in [0.25, 0.3) is 0 Å². The number of hydrogen-bond donors (Lipinski definition) is 0. The fourth-order valence-corrected chi connectivity index (χ4v) is 3.05. The highest BCUT2D eigenvalue weighted by Crippen LogP contribution is 2.30. The Morgan fingerprint density at radius 3 is 2.77 bits per heavy atom. The molecule has 0 aliphatic heterocycles. The van der Waals surface area contributed by atoms with Gasteiger partial charge in [-0.25, -0.2) is 0 Å². The van der Waals surface area contributed by atoms with Gasteiger partial charge >= 0.3 is 5.97 Å². The molecule has 8 heteroatoms. The molecule has 0 spiro atoms. The van der Waals surface area contributed by atoms with Crippen LogP contribution < -0.4 is 4.90 Å². The molecule has 0 saturated heterocycles. The predicted molar refractivity (Wildman–Crippen MR) is 101 cm³/mol. The van der Waals surface area contributed by atoms with E-state index >= 15 is 0 Å². The summed E-state index contributed by atoms with van der Waals surface area (Å²) in [5, 5.41) is 18.1. The number of azo groups is 1. The highest BCUT2D eigenvalue weighted by Gasteiger charge is 2.10. The molecule has 2 rings (SSSR count). The zero-order valence-corrected chi connectivity index (χ0v) is 16.1. The van der Waals surface area contributed by atoms with Crippen molar-refractivity contribution < 1.29 is 9.53 Å². The van der Waals surface area contributed by atoms with Crippen molar-refractivity contribution >= 4 is 33.9 Å². The molecule has 1 aromatic carbocycles. The van der Waals surface area contributed by atoms with Crippen LogP contribution in [0.1, 0.15) is 30.7 Å². The molecule has 1 heterocycles. The molecule has 0 saturated carbocycles. The highest BCUT2D eigenvalue weighted by atomic mass is 32.1. The van der Waals surface area contributed by atoms with Crippen LogP contribution in [0.4, 0.5) is 16.4 Å². The molecule has 0 aliphatic rings. The van der Waals surface area contributed by atoms with Gasteiger partial charge in [-0.1, -0.05) is 0 Å². The first-order valence-electron chi connectivity index (χ1n) is 8.23. The third-order valence-electron chi connectivity index (χ3n) is 3.80. The van der Waals surface area contributed by atoms with Crippen molar-refractivity contribution in [3.05, 3.63) is 35.0 Å². The van der Waals surface area contributed by atoms with E-state index in [0.717, 1.165) is 23.5 Å². The van der Waals surface area contributed by atoms with Crippen LogP contribution in [0.3, 0.4) is 0 Å². The van der Waals surface area contributed by atoms with Crippen LogP contribution >= 0.6 is 11.5 Å². The molecule has 0 unspecified atom stereocenters. The summed E-state index contributed by atoms with van der Waals surface area (Å²) < 4.78 is 9.15. The van der Waals surface area contributed by atoms with Gasteiger partial charge in [-0.2, -0.15) is 9.64 Å². The summed E-state index contributed by atoms with van der Waals surface area (Å²) in [7, 11) is 0. The maximum atomic E-state index is 10.9. The van der Waals surface area contributed by atoms with Crippen LogP contribution in [-0.2, 0) is 9.53 Å². The number of esters is 1. The SMILES string of the molecule is CCN(CCOC(C)=O)c1ccc(/N=N/c2snc(C)c2C#N)c(C)c1. The summed E-state index contributed by atoms with van der Waals surface area (Å²) in [6.07, 6.45) is 0. The van der Waals surface area contributed by atoms with Crippen molar-refractivity contribution in [2.24, 2.45) is 10.2 Å². The molecular formula is C18H21N5O2S. The first-order valence-corrected chi connectivity index (χ1v) is 9.00. The molecule has 0 aliphatic carbocycles. The highest BCUT2D eigenvalue weighted by molar-refractivity contribution is 7.10. The Balaban J connectivity index is 2.14. The lowest BCUT2D eigenvalue weighted by atomic mass is 10.1. The molecule has 0 amide bonds. The molecule has 136 valence electrons. The van der Waals surface area contributed by atoms with Gasteiger partial charge in [0, 0.05) is 19.2 Å². The minimum Gasteiger partial charge on any atom is -0.464 e. The number of nitrogens with zero attached hydrogens (tertiary/aromatic N) is 5. The van der Waals surface area contributed by atoms with Crippen molar-refractivity contribution in [3.8, 4) is 6.07 Å². The Morgan fingerprint density at radius 2 is 2.15 bits per heavy atom. The molecule has 26 heavy (non-hydrogen) atoms. The number of rotatable bonds is 7. The Kier molecular flexibility index (Phi) is 6.81. The summed E-state index contributed by atoms with van der Waals surface area (Å²) in [5.41, 5.74) is 3.87. The minimum atomic E-state index is -0.275. The number of aromatic nitrogens is 1. The largest absolute Gasteiger partial charge is 0.464 e. The first-order chi connectivity index (χ1) is 12.5. The number of benzene rings is 1. The molecule has 1 aromatic heterocycles. The van der Waals surface area contributed by atoms with E-state index in [1.807, 2.05) is 32.0 Å². The third kappa shape index (κ3) is 4.86. The van der Waals surface area contributed by atoms with Crippen LogP contribution in [0, 0.1) is 25.2 Å². The molecule has 0 atom stereocenters. The van der Waals surface area contributed by atoms with E-state index in [4.69, 9.17) is 10.00 Å². The van der Waals surface area contributed by atoms with Gasteiger partial charge in [0.1, 0.15) is 18.2 Å². The van der Waals surface area contributed by atoms with E-state index in [-0.39, 0.29) is 5.97 Å². The second-order valence-electron chi connectivity index (χ2n) is 5.65. The van der Waals surface area contributed by atoms with Gasteiger partial charge in [0.25, 0.3) is 0 Å². The van der Waals surface area contributed by atoms with Gasteiger partial charge in [0.2, 0.25) is 0 Å². The third-order valence-corrected chi connectivity index (χ3v) is 4.62. The van der Waals surface area contributed by atoms with Crippen LogP contribution in [-0.4, -0.2) is 30.0 Å². The maximum absolute atomic E-state index is 10.9. The normalized spacial score (nSPS) is 10.7. The number of carbonyl (C=O) groups excluding carboxylic acids is 1. The van der Waals surface area contributed by atoms with Crippen molar-refractivity contribution in [1.29, 1.82) is 5.26 Å². The number of nitriles is 1. The summed E-state index contributed by atoms with van der Waals surface area (Å²) in [5.74, 6) is -0.275. The van der Waals surface area contributed by atoms with Crippen molar-refractivity contribution in [3.63, 3.8) is 0 Å². The van der Waals surface area contributed by atoms with E-state index in [1.54, 1.807) is 6.92 Å². The van der Waals surface area contributed by atoms with Crippen molar-refractivity contribution in [2.45, 2.75) is 27.7 Å². The molecule has 7 nitrogen and oxygen atoms in total. The number of carbonyl (C=O) groups is 1.